The molecule has 1 atom stereocenters. The van der Waals surface area contributed by atoms with E-state index in [0.29, 0.717) is 21.7 Å². The third-order valence-electron chi connectivity index (χ3n) is 2.55. The van der Waals surface area contributed by atoms with Crippen molar-refractivity contribution in [2.24, 2.45) is 5.92 Å². The lowest BCUT2D eigenvalue weighted by atomic mass is 10.1. The van der Waals surface area contributed by atoms with E-state index in [1.54, 1.807) is 12.1 Å². The first-order chi connectivity index (χ1) is 8.04. The molecule has 4 N–H and O–H groups in total. The molecular weight excluding hydrogens is 259 g/mol. The summed E-state index contributed by atoms with van der Waals surface area (Å²) >= 11 is 12.1. The van der Waals surface area contributed by atoms with Crippen LogP contribution in [0, 0.1) is 5.92 Å². The van der Waals surface area contributed by atoms with Crippen molar-refractivity contribution in [1.82, 2.24) is 0 Å². The molecule has 0 aliphatic heterocycles. The first kappa shape index (κ1) is 14.4. The second-order valence-corrected chi connectivity index (χ2v) is 5.03. The van der Waals surface area contributed by atoms with Gasteiger partial charge >= 0.3 is 0 Å². The number of anilines is 2. The molecule has 17 heavy (non-hydrogen) atoms. The van der Waals surface area contributed by atoms with Gasteiger partial charge in [-0.15, -0.1) is 0 Å². The van der Waals surface area contributed by atoms with Crippen molar-refractivity contribution in [2.75, 3.05) is 24.2 Å². The minimum absolute atomic E-state index is 0.226. The van der Waals surface area contributed by atoms with Crippen molar-refractivity contribution in [3.63, 3.8) is 0 Å². The van der Waals surface area contributed by atoms with E-state index in [1.165, 1.54) is 0 Å². The van der Waals surface area contributed by atoms with Gasteiger partial charge in [0, 0.05) is 18.8 Å². The van der Waals surface area contributed by atoms with Crippen LogP contribution in [0.4, 0.5) is 11.4 Å². The van der Waals surface area contributed by atoms with Crippen LogP contribution in [0.15, 0.2) is 12.1 Å². The molecular formula is C12H18Cl2N2O. The topological polar surface area (TPSA) is 58.3 Å². The Labute approximate surface area is 112 Å². The second kappa shape index (κ2) is 6.94. The molecule has 0 amide bonds. The van der Waals surface area contributed by atoms with Crippen molar-refractivity contribution in [1.29, 1.82) is 0 Å². The molecule has 1 aromatic carbocycles. The number of hydrogen-bond acceptors (Lipinski definition) is 3. The Morgan fingerprint density at radius 1 is 1.35 bits per heavy atom. The summed E-state index contributed by atoms with van der Waals surface area (Å²) in [5, 5.41) is 13.1. The van der Waals surface area contributed by atoms with Gasteiger partial charge in [-0.2, -0.15) is 0 Å². The Balaban J connectivity index is 2.47. The van der Waals surface area contributed by atoms with Crippen molar-refractivity contribution in [2.45, 2.75) is 19.8 Å². The Kier molecular flexibility index (Phi) is 5.89. The summed E-state index contributed by atoms with van der Waals surface area (Å²) in [5.74, 6) is 0.328. The Hall–Kier alpha value is -0.640. The molecule has 5 heteroatoms. The van der Waals surface area contributed by atoms with E-state index in [-0.39, 0.29) is 6.61 Å². The van der Waals surface area contributed by atoms with Gasteiger partial charge < -0.3 is 16.2 Å². The van der Waals surface area contributed by atoms with Gasteiger partial charge in [-0.3, -0.25) is 0 Å². The van der Waals surface area contributed by atoms with Gasteiger partial charge in [0.2, 0.25) is 0 Å². The molecule has 0 fully saturated rings. The molecule has 3 nitrogen and oxygen atoms in total. The van der Waals surface area contributed by atoms with Crippen LogP contribution in [-0.2, 0) is 0 Å². The minimum atomic E-state index is 0.226. The fourth-order valence-electron chi connectivity index (χ4n) is 1.52. The van der Waals surface area contributed by atoms with Crippen LogP contribution in [0.25, 0.3) is 0 Å². The summed E-state index contributed by atoms with van der Waals surface area (Å²) in [4.78, 5) is 0. The standard InChI is InChI=1S/C12H18Cl2N2O/c1-8(7-17)3-2-4-16-12-10(13)5-9(15)6-11(12)14/h5-6,8,16-17H,2-4,7,15H2,1H3. The molecule has 0 saturated heterocycles. The monoisotopic (exact) mass is 276 g/mol. The predicted octanol–water partition coefficient (Wildman–Crippen LogP) is 3.40. The van der Waals surface area contributed by atoms with Crippen molar-refractivity contribution in [3.8, 4) is 0 Å². The Morgan fingerprint density at radius 2 is 1.94 bits per heavy atom. The molecule has 0 aromatic heterocycles. The third kappa shape index (κ3) is 4.62. The Bertz CT molecular complexity index is 349. The zero-order valence-electron chi connectivity index (χ0n) is 9.84. The minimum Gasteiger partial charge on any atom is -0.399 e. The van der Waals surface area contributed by atoms with E-state index in [9.17, 15) is 0 Å². The number of aliphatic hydroxyl groups is 1. The highest BCUT2D eigenvalue weighted by molar-refractivity contribution is 6.39. The number of halogens is 2. The van der Waals surface area contributed by atoms with E-state index in [0.717, 1.165) is 25.1 Å². The molecule has 0 saturated carbocycles. The third-order valence-corrected chi connectivity index (χ3v) is 3.15. The number of rotatable bonds is 6. The van der Waals surface area contributed by atoms with Crippen LogP contribution in [0.3, 0.4) is 0 Å². The molecule has 0 spiro atoms. The Morgan fingerprint density at radius 3 is 2.47 bits per heavy atom. The molecule has 0 aliphatic rings. The average molecular weight is 277 g/mol. The number of nitrogens with one attached hydrogen (secondary N) is 1. The number of hydrogen-bond donors (Lipinski definition) is 3. The summed E-state index contributed by atoms with van der Waals surface area (Å²) in [7, 11) is 0. The van der Waals surface area contributed by atoms with E-state index >= 15 is 0 Å². The molecule has 1 aromatic rings. The maximum Gasteiger partial charge on any atom is 0.0720 e. The lowest BCUT2D eigenvalue weighted by Gasteiger charge is -2.12. The lowest BCUT2D eigenvalue weighted by molar-refractivity contribution is 0.229. The van der Waals surface area contributed by atoms with E-state index < -0.39 is 0 Å². The summed E-state index contributed by atoms with van der Waals surface area (Å²) in [6, 6.07) is 3.35. The normalized spacial score (nSPS) is 12.5. The second-order valence-electron chi connectivity index (χ2n) is 4.22. The van der Waals surface area contributed by atoms with E-state index in [1.807, 2.05) is 6.92 Å². The molecule has 1 unspecified atom stereocenters. The van der Waals surface area contributed by atoms with Gasteiger partial charge in [0.1, 0.15) is 0 Å². The molecule has 0 bridgehead atoms. The van der Waals surface area contributed by atoms with E-state index in [4.69, 9.17) is 34.0 Å². The average Bonchev–Trinajstić information content (AvgIpc) is 2.26. The van der Waals surface area contributed by atoms with Crippen LogP contribution in [0.1, 0.15) is 19.8 Å². The fourth-order valence-corrected chi connectivity index (χ4v) is 2.15. The van der Waals surface area contributed by atoms with Crippen molar-refractivity contribution in [3.05, 3.63) is 22.2 Å². The largest absolute Gasteiger partial charge is 0.399 e. The van der Waals surface area contributed by atoms with Crippen LogP contribution in [0.5, 0.6) is 0 Å². The maximum absolute atomic E-state index is 8.89. The molecule has 0 heterocycles. The molecule has 96 valence electrons. The molecule has 0 aliphatic carbocycles. The highest BCUT2D eigenvalue weighted by atomic mass is 35.5. The smallest absolute Gasteiger partial charge is 0.0720 e. The van der Waals surface area contributed by atoms with Gasteiger partial charge in [0.25, 0.3) is 0 Å². The summed E-state index contributed by atoms with van der Waals surface area (Å²) in [6.45, 7) is 3.01. The van der Waals surface area contributed by atoms with Gasteiger partial charge in [0.15, 0.2) is 0 Å². The summed E-state index contributed by atoms with van der Waals surface area (Å²) in [6.07, 6.45) is 1.92. The molecule has 1 rings (SSSR count). The lowest BCUT2D eigenvalue weighted by Crippen LogP contribution is -2.07. The van der Waals surface area contributed by atoms with Gasteiger partial charge in [-0.05, 0) is 30.9 Å². The van der Waals surface area contributed by atoms with Crippen molar-refractivity contribution >= 4 is 34.6 Å². The van der Waals surface area contributed by atoms with Gasteiger partial charge in [0.05, 0.1) is 15.7 Å². The zero-order chi connectivity index (χ0) is 12.8. The maximum atomic E-state index is 8.89. The number of aliphatic hydroxyl groups excluding tert-OH is 1. The first-order valence-corrected chi connectivity index (χ1v) is 6.39. The predicted molar refractivity (Wildman–Crippen MR) is 74.8 cm³/mol. The number of benzene rings is 1. The van der Waals surface area contributed by atoms with Crippen molar-refractivity contribution < 1.29 is 5.11 Å². The fraction of sp³-hybridized carbons (Fsp3) is 0.500. The number of nitrogen functional groups attached to an aromatic ring is 1. The zero-order valence-corrected chi connectivity index (χ0v) is 11.4. The first-order valence-electron chi connectivity index (χ1n) is 5.63. The highest BCUT2D eigenvalue weighted by Gasteiger charge is 2.07. The highest BCUT2D eigenvalue weighted by Crippen LogP contribution is 2.32. The van der Waals surface area contributed by atoms with Crippen LogP contribution in [0.2, 0.25) is 10.0 Å². The van der Waals surface area contributed by atoms with Crippen LogP contribution >= 0.6 is 23.2 Å². The summed E-state index contributed by atoms with van der Waals surface area (Å²) in [5.41, 5.74) is 6.89. The number of nitrogens with two attached hydrogens (primary N) is 1. The van der Waals surface area contributed by atoms with Gasteiger partial charge in [-0.1, -0.05) is 30.1 Å². The summed E-state index contributed by atoms with van der Waals surface area (Å²) < 4.78 is 0. The van der Waals surface area contributed by atoms with E-state index in [2.05, 4.69) is 5.32 Å². The van der Waals surface area contributed by atoms with Gasteiger partial charge in [-0.25, -0.2) is 0 Å². The van der Waals surface area contributed by atoms with Crippen LogP contribution < -0.4 is 11.1 Å². The van der Waals surface area contributed by atoms with Crippen LogP contribution in [-0.4, -0.2) is 18.3 Å². The SMILES string of the molecule is CC(CO)CCCNc1c(Cl)cc(N)cc1Cl. The quantitative estimate of drug-likeness (QED) is 0.551. The molecule has 0 radical (unpaired) electrons.